The number of ether oxygens (including phenoxy) is 1. The van der Waals surface area contributed by atoms with Crippen LogP contribution in [-0.2, 0) is 4.74 Å². The minimum absolute atomic E-state index is 0.183. The number of amides is 3. The smallest absolute Gasteiger partial charge is 0.323 e. The average molecular weight is 451 g/mol. The largest absolute Gasteiger partial charge is 0.379 e. The molecular weight excluding hydrogens is 420 g/mol. The number of carbonyl (C=O) groups excluding carboxylic acids is 2. The van der Waals surface area contributed by atoms with E-state index in [9.17, 15) is 9.59 Å². The third-order valence-corrected chi connectivity index (χ3v) is 5.29. The number of carbonyl (C=O) groups is 2. The molecule has 3 amide bonds. The minimum Gasteiger partial charge on any atom is -0.379 e. The van der Waals surface area contributed by atoms with Crippen LogP contribution in [0.1, 0.15) is 22.3 Å². The van der Waals surface area contributed by atoms with Crippen molar-refractivity contribution in [3.63, 3.8) is 0 Å². The molecule has 2 aromatic carbocycles. The summed E-state index contributed by atoms with van der Waals surface area (Å²) in [6, 6.07) is 13.4. The van der Waals surface area contributed by atoms with Gasteiger partial charge in [-0.3, -0.25) is 9.69 Å². The first kappa shape index (κ1) is 24.0. The van der Waals surface area contributed by atoms with Crippen molar-refractivity contribution in [1.29, 1.82) is 5.26 Å². The molecule has 1 heterocycles. The number of benzene rings is 2. The van der Waals surface area contributed by atoms with Gasteiger partial charge >= 0.3 is 6.03 Å². The number of nitrogens with zero attached hydrogens (tertiary/aromatic N) is 3. The maximum absolute atomic E-state index is 12.9. The maximum Gasteiger partial charge on any atom is 0.323 e. The van der Waals surface area contributed by atoms with Crippen molar-refractivity contribution in [1.82, 2.24) is 10.2 Å². The summed E-state index contributed by atoms with van der Waals surface area (Å²) in [5, 5.41) is 17.3. The SMILES string of the molecule is CN(C)c1ccc(NC(=O)Nc2ccc(C#N)cc2)cc1C(=O)NCCCN1CCOCC1. The van der Waals surface area contributed by atoms with Crippen LogP contribution in [-0.4, -0.2) is 70.3 Å². The van der Waals surface area contributed by atoms with Gasteiger partial charge in [0, 0.05) is 50.8 Å². The summed E-state index contributed by atoms with van der Waals surface area (Å²) in [6.45, 7) is 4.86. The molecule has 0 spiro atoms. The zero-order valence-corrected chi connectivity index (χ0v) is 19.1. The van der Waals surface area contributed by atoms with Crippen molar-refractivity contribution in [2.45, 2.75) is 6.42 Å². The van der Waals surface area contributed by atoms with Gasteiger partial charge in [-0.1, -0.05) is 0 Å². The highest BCUT2D eigenvalue weighted by Gasteiger charge is 2.15. The molecule has 9 nitrogen and oxygen atoms in total. The lowest BCUT2D eigenvalue weighted by Crippen LogP contribution is -2.38. The lowest BCUT2D eigenvalue weighted by Gasteiger charge is -2.26. The number of anilines is 3. The molecule has 1 saturated heterocycles. The third-order valence-electron chi connectivity index (χ3n) is 5.29. The van der Waals surface area contributed by atoms with E-state index in [0.29, 0.717) is 29.0 Å². The Morgan fingerprint density at radius 1 is 1.06 bits per heavy atom. The van der Waals surface area contributed by atoms with Crippen LogP contribution in [0.2, 0.25) is 0 Å². The number of morpholine rings is 1. The Morgan fingerprint density at radius 2 is 1.73 bits per heavy atom. The van der Waals surface area contributed by atoms with Crippen LogP contribution in [0.4, 0.5) is 21.9 Å². The summed E-state index contributed by atoms with van der Waals surface area (Å²) in [5.74, 6) is -0.183. The summed E-state index contributed by atoms with van der Waals surface area (Å²) in [7, 11) is 3.74. The Labute approximate surface area is 194 Å². The van der Waals surface area contributed by atoms with Crippen molar-refractivity contribution in [2.24, 2.45) is 0 Å². The van der Waals surface area contributed by atoms with Crippen LogP contribution in [0, 0.1) is 11.3 Å². The van der Waals surface area contributed by atoms with Crippen LogP contribution >= 0.6 is 0 Å². The number of rotatable bonds is 8. The van der Waals surface area contributed by atoms with Crippen LogP contribution < -0.4 is 20.9 Å². The molecule has 0 radical (unpaired) electrons. The predicted molar refractivity (Wildman–Crippen MR) is 129 cm³/mol. The number of hydrogen-bond donors (Lipinski definition) is 3. The third kappa shape index (κ3) is 7.20. The summed E-state index contributed by atoms with van der Waals surface area (Å²) in [6.07, 6.45) is 0.855. The average Bonchev–Trinajstić information content (AvgIpc) is 2.82. The fourth-order valence-electron chi connectivity index (χ4n) is 3.53. The highest BCUT2D eigenvalue weighted by molar-refractivity contribution is 6.03. The number of urea groups is 1. The van der Waals surface area contributed by atoms with Gasteiger partial charge < -0.3 is 25.6 Å². The fraction of sp³-hybridized carbons (Fsp3) is 0.375. The zero-order valence-electron chi connectivity index (χ0n) is 19.1. The van der Waals surface area contributed by atoms with E-state index in [1.807, 2.05) is 25.1 Å². The van der Waals surface area contributed by atoms with E-state index < -0.39 is 6.03 Å². The molecule has 33 heavy (non-hydrogen) atoms. The van der Waals surface area contributed by atoms with E-state index in [1.165, 1.54) is 0 Å². The number of nitrogens with one attached hydrogen (secondary N) is 3. The Hall–Kier alpha value is -3.61. The van der Waals surface area contributed by atoms with Crippen molar-refractivity contribution in [3.05, 3.63) is 53.6 Å². The second-order valence-electron chi connectivity index (χ2n) is 7.96. The summed E-state index contributed by atoms with van der Waals surface area (Å²) in [4.78, 5) is 29.5. The van der Waals surface area contributed by atoms with Gasteiger partial charge in [-0.15, -0.1) is 0 Å². The number of hydrogen-bond acceptors (Lipinski definition) is 6. The van der Waals surface area contributed by atoms with E-state index in [-0.39, 0.29) is 5.91 Å². The summed E-state index contributed by atoms with van der Waals surface area (Å²) < 4.78 is 5.36. The van der Waals surface area contributed by atoms with Crippen molar-refractivity contribution in [3.8, 4) is 6.07 Å². The van der Waals surface area contributed by atoms with Crippen LogP contribution in [0.15, 0.2) is 42.5 Å². The molecule has 0 saturated carbocycles. The Kier molecular flexibility index (Phi) is 8.63. The zero-order chi connectivity index (χ0) is 23.6. The second-order valence-corrected chi connectivity index (χ2v) is 7.96. The van der Waals surface area contributed by atoms with E-state index >= 15 is 0 Å². The molecule has 174 valence electrons. The standard InChI is InChI=1S/C24H30N6O3/c1-29(2)22-9-8-20(28-24(32)27-19-6-4-18(17-25)5-7-19)16-21(22)23(31)26-10-3-11-30-12-14-33-15-13-30/h4-9,16H,3,10-15H2,1-2H3,(H,26,31)(H2,27,28,32). The van der Waals surface area contributed by atoms with Crippen molar-refractivity contribution < 1.29 is 14.3 Å². The normalized spacial score (nSPS) is 13.6. The van der Waals surface area contributed by atoms with Gasteiger partial charge in [0.1, 0.15) is 0 Å². The molecule has 9 heteroatoms. The molecule has 1 aliphatic heterocycles. The molecular formula is C24H30N6O3. The molecule has 3 rings (SSSR count). The molecule has 0 aromatic heterocycles. The lowest BCUT2D eigenvalue weighted by atomic mass is 10.1. The summed E-state index contributed by atoms with van der Waals surface area (Å²) >= 11 is 0. The van der Waals surface area contributed by atoms with Gasteiger partial charge in [0.2, 0.25) is 0 Å². The monoisotopic (exact) mass is 450 g/mol. The molecule has 0 bridgehead atoms. The highest BCUT2D eigenvalue weighted by Crippen LogP contribution is 2.23. The Morgan fingerprint density at radius 3 is 2.39 bits per heavy atom. The molecule has 0 atom stereocenters. The Bertz CT molecular complexity index is 994. The van der Waals surface area contributed by atoms with Gasteiger partial charge in [0.25, 0.3) is 5.91 Å². The van der Waals surface area contributed by atoms with Gasteiger partial charge in [0.05, 0.1) is 30.4 Å². The quantitative estimate of drug-likeness (QED) is 0.534. The van der Waals surface area contributed by atoms with Crippen LogP contribution in [0.5, 0.6) is 0 Å². The fourth-order valence-corrected chi connectivity index (χ4v) is 3.53. The molecule has 1 aliphatic rings. The Balaban J connectivity index is 1.58. The molecule has 2 aromatic rings. The first-order valence-electron chi connectivity index (χ1n) is 10.9. The van der Waals surface area contributed by atoms with Gasteiger partial charge in [-0.25, -0.2) is 4.79 Å². The van der Waals surface area contributed by atoms with Gasteiger partial charge in [0.15, 0.2) is 0 Å². The van der Waals surface area contributed by atoms with E-state index in [4.69, 9.17) is 10.00 Å². The first-order chi connectivity index (χ1) is 16.0. The first-order valence-corrected chi connectivity index (χ1v) is 10.9. The molecule has 0 aliphatic carbocycles. The molecule has 3 N–H and O–H groups in total. The van der Waals surface area contributed by atoms with Crippen LogP contribution in [0.3, 0.4) is 0 Å². The predicted octanol–water partition coefficient (Wildman–Crippen LogP) is 2.72. The van der Waals surface area contributed by atoms with Crippen LogP contribution in [0.25, 0.3) is 0 Å². The summed E-state index contributed by atoms with van der Waals surface area (Å²) in [5.41, 5.74) is 2.84. The lowest BCUT2D eigenvalue weighted by molar-refractivity contribution is 0.0374. The van der Waals surface area contributed by atoms with E-state index in [0.717, 1.165) is 45.0 Å². The van der Waals surface area contributed by atoms with E-state index in [2.05, 4.69) is 20.9 Å². The highest BCUT2D eigenvalue weighted by atomic mass is 16.5. The molecule has 0 unspecified atom stereocenters. The van der Waals surface area contributed by atoms with Gasteiger partial charge in [-0.05, 0) is 55.4 Å². The minimum atomic E-state index is -0.436. The maximum atomic E-state index is 12.9. The molecule has 1 fully saturated rings. The second kappa shape index (κ2) is 11.9. The van der Waals surface area contributed by atoms with E-state index in [1.54, 1.807) is 42.5 Å². The van der Waals surface area contributed by atoms with Gasteiger partial charge in [-0.2, -0.15) is 5.26 Å². The van der Waals surface area contributed by atoms with Crippen molar-refractivity contribution >= 4 is 29.0 Å². The number of nitriles is 1. The topological polar surface area (TPSA) is 110 Å². The van der Waals surface area contributed by atoms with Crippen molar-refractivity contribution in [2.75, 3.05) is 69.0 Å².